The van der Waals surface area contributed by atoms with Gasteiger partial charge in [0.05, 0.1) is 5.56 Å². The molecule has 0 saturated carbocycles. The van der Waals surface area contributed by atoms with E-state index in [-0.39, 0.29) is 24.5 Å². The number of ether oxygens (including phenoxy) is 1. The van der Waals surface area contributed by atoms with Gasteiger partial charge in [-0.1, -0.05) is 42.5 Å². The third-order valence-electron chi connectivity index (χ3n) is 3.83. The number of carbonyl (C=O) groups is 1. The molecule has 4 heteroatoms. The molecule has 1 amide bonds. The van der Waals surface area contributed by atoms with Gasteiger partial charge in [0.2, 0.25) is 0 Å². The van der Waals surface area contributed by atoms with Crippen molar-refractivity contribution in [2.24, 2.45) is 5.92 Å². The molecule has 0 aliphatic heterocycles. The average Bonchev–Trinajstić information content (AvgIpc) is 3.04. The number of rotatable bonds is 5. The first kappa shape index (κ1) is 15.3. The maximum Gasteiger partial charge on any atom is 0.255 e. The molecule has 1 aliphatic carbocycles. The molecule has 2 atom stereocenters. The summed E-state index contributed by atoms with van der Waals surface area (Å²) in [6.07, 6.45) is 4.60. The molecule has 2 aromatic rings. The van der Waals surface area contributed by atoms with Gasteiger partial charge in [-0.15, -0.1) is 0 Å². The van der Waals surface area contributed by atoms with Crippen molar-refractivity contribution in [3.8, 4) is 11.5 Å². The Morgan fingerprint density at radius 1 is 1.09 bits per heavy atom. The zero-order chi connectivity index (χ0) is 16.1. The molecule has 2 aromatic carbocycles. The lowest BCUT2D eigenvalue weighted by atomic mass is 10.1. The van der Waals surface area contributed by atoms with Crippen LogP contribution in [-0.4, -0.2) is 23.7 Å². The van der Waals surface area contributed by atoms with Crippen LogP contribution in [0.2, 0.25) is 0 Å². The maximum atomic E-state index is 12.5. The number of aliphatic hydroxyl groups is 1. The smallest absolute Gasteiger partial charge is 0.255 e. The van der Waals surface area contributed by atoms with Crippen LogP contribution in [0.3, 0.4) is 0 Å². The summed E-state index contributed by atoms with van der Waals surface area (Å²) < 4.78 is 5.82. The summed E-state index contributed by atoms with van der Waals surface area (Å²) in [5.41, 5.74) is 0.497. The largest absolute Gasteiger partial charge is 0.457 e. The summed E-state index contributed by atoms with van der Waals surface area (Å²) in [4.78, 5) is 12.5. The van der Waals surface area contributed by atoms with Crippen molar-refractivity contribution < 1.29 is 14.6 Å². The fourth-order valence-electron chi connectivity index (χ4n) is 2.62. The third-order valence-corrected chi connectivity index (χ3v) is 3.83. The SMILES string of the molecule is O=C(N[C@@H]1C=C[C@H](CO)C1)c1ccccc1Oc1ccccc1. The maximum absolute atomic E-state index is 12.5. The number of hydrogen-bond donors (Lipinski definition) is 2. The number of hydrogen-bond acceptors (Lipinski definition) is 3. The first-order chi connectivity index (χ1) is 11.3. The number of carbonyl (C=O) groups excluding carboxylic acids is 1. The van der Waals surface area contributed by atoms with Crippen LogP contribution in [0.25, 0.3) is 0 Å². The Balaban J connectivity index is 1.72. The fourth-order valence-corrected chi connectivity index (χ4v) is 2.62. The van der Waals surface area contributed by atoms with Crippen molar-refractivity contribution in [1.29, 1.82) is 0 Å². The molecule has 0 heterocycles. The highest BCUT2D eigenvalue weighted by Gasteiger charge is 2.21. The van der Waals surface area contributed by atoms with E-state index in [0.29, 0.717) is 17.1 Å². The monoisotopic (exact) mass is 309 g/mol. The van der Waals surface area contributed by atoms with Gasteiger partial charge in [-0.3, -0.25) is 4.79 Å². The Labute approximate surface area is 135 Å². The van der Waals surface area contributed by atoms with Gasteiger partial charge < -0.3 is 15.2 Å². The minimum Gasteiger partial charge on any atom is -0.457 e. The molecular weight excluding hydrogens is 290 g/mol. The van der Waals surface area contributed by atoms with Gasteiger partial charge in [0.1, 0.15) is 11.5 Å². The van der Waals surface area contributed by atoms with Crippen molar-refractivity contribution >= 4 is 5.91 Å². The van der Waals surface area contributed by atoms with Crippen LogP contribution >= 0.6 is 0 Å². The summed E-state index contributed by atoms with van der Waals surface area (Å²) >= 11 is 0. The Bertz CT molecular complexity index is 697. The van der Waals surface area contributed by atoms with Gasteiger partial charge in [-0.05, 0) is 30.7 Å². The summed E-state index contributed by atoms with van der Waals surface area (Å²) in [5, 5.41) is 12.1. The van der Waals surface area contributed by atoms with Crippen LogP contribution in [0, 0.1) is 5.92 Å². The number of aliphatic hydroxyl groups excluding tert-OH is 1. The second-order valence-corrected chi connectivity index (χ2v) is 5.55. The average molecular weight is 309 g/mol. The van der Waals surface area contributed by atoms with Crippen molar-refractivity contribution in [2.75, 3.05) is 6.61 Å². The van der Waals surface area contributed by atoms with Crippen molar-refractivity contribution in [2.45, 2.75) is 12.5 Å². The molecule has 118 valence electrons. The van der Waals surface area contributed by atoms with E-state index in [1.54, 1.807) is 12.1 Å². The zero-order valence-electron chi connectivity index (χ0n) is 12.7. The zero-order valence-corrected chi connectivity index (χ0v) is 12.7. The van der Waals surface area contributed by atoms with Crippen molar-refractivity contribution in [3.63, 3.8) is 0 Å². The highest BCUT2D eigenvalue weighted by Crippen LogP contribution is 2.25. The van der Waals surface area contributed by atoms with E-state index in [4.69, 9.17) is 9.84 Å². The highest BCUT2D eigenvalue weighted by molar-refractivity contribution is 5.97. The lowest BCUT2D eigenvalue weighted by molar-refractivity contribution is 0.0939. The molecule has 4 nitrogen and oxygen atoms in total. The standard InChI is InChI=1S/C19H19NO3/c21-13-14-10-11-15(12-14)20-19(22)17-8-4-5-9-18(17)23-16-6-2-1-3-7-16/h1-11,14-15,21H,12-13H2,(H,20,22)/t14-,15+/m0/s1. The molecule has 23 heavy (non-hydrogen) atoms. The van der Waals surface area contributed by atoms with E-state index in [1.165, 1.54) is 0 Å². The van der Waals surface area contributed by atoms with Crippen LogP contribution in [0.4, 0.5) is 0 Å². The van der Waals surface area contributed by atoms with Crippen molar-refractivity contribution in [1.82, 2.24) is 5.32 Å². The summed E-state index contributed by atoms with van der Waals surface area (Å²) in [7, 11) is 0. The summed E-state index contributed by atoms with van der Waals surface area (Å²) in [5.74, 6) is 1.16. The predicted molar refractivity (Wildman–Crippen MR) is 88.5 cm³/mol. The molecule has 0 spiro atoms. The van der Waals surface area contributed by atoms with E-state index in [0.717, 1.165) is 6.42 Å². The van der Waals surface area contributed by atoms with Crippen LogP contribution in [-0.2, 0) is 0 Å². The molecule has 0 fully saturated rings. The molecule has 0 bridgehead atoms. The van der Waals surface area contributed by atoms with E-state index < -0.39 is 0 Å². The molecule has 0 saturated heterocycles. The molecular formula is C19H19NO3. The van der Waals surface area contributed by atoms with E-state index in [2.05, 4.69) is 5.32 Å². The van der Waals surface area contributed by atoms with Crippen molar-refractivity contribution in [3.05, 3.63) is 72.3 Å². The molecule has 0 unspecified atom stereocenters. The number of amides is 1. The predicted octanol–water partition coefficient (Wildman–Crippen LogP) is 3.15. The Hall–Kier alpha value is -2.59. The van der Waals surface area contributed by atoms with Gasteiger partial charge in [0, 0.05) is 18.6 Å². The first-order valence-electron chi connectivity index (χ1n) is 7.68. The molecule has 3 rings (SSSR count). The molecule has 1 aliphatic rings. The van der Waals surface area contributed by atoms with Crippen LogP contribution in [0.1, 0.15) is 16.8 Å². The quantitative estimate of drug-likeness (QED) is 0.834. The number of benzene rings is 2. The van der Waals surface area contributed by atoms with Gasteiger partial charge in [-0.2, -0.15) is 0 Å². The second kappa shape index (κ2) is 7.11. The molecule has 0 aromatic heterocycles. The topological polar surface area (TPSA) is 58.6 Å². The van der Waals surface area contributed by atoms with Gasteiger partial charge >= 0.3 is 0 Å². The van der Waals surface area contributed by atoms with Crippen LogP contribution in [0.15, 0.2) is 66.7 Å². The summed E-state index contributed by atoms with van der Waals surface area (Å²) in [6.45, 7) is 0.108. The normalized spacial score (nSPS) is 19.5. The molecule has 0 radical (unpaired) electrons. The molecule has 2 N–H and O–H groups in total. The van der Waals surface area contributed by atoms with Gasteiger partial charge in [-0.25, -0.2) is 0 Å². The first-order valence-corrected chi connectivity index (χ1v) is 7.68. The van der Waals surface area contributed by atoms with Crippen LogP contribution in [0.5, 0.6) is 11.5 Å². The Morgan fingerprint density at radius 3 is 2.57 bits per heavy atom. The highest BCUT2D eigenvalue weighted by atomic mass is 16.5. The van der Waals surface area contributed by atoms with Gasteiger partial charge in [0.25, 0.3) is 5.91 Å². The van der Waals surface area contributed by atoms with E-state index >= 15 is 0 Å². The van der Waals surface area contributed by atoms with Crippen LogP contribution < -0.4 is 10.1 Å². The van der Waals surface area contributed by atoms with E-state index in [9.17, 15) is 4.79 Å². The van der Waals surface area contributed by atoms with E-state index in [1.807, 2.05) is 54.6 Å². The number of para-hydroxylation sites is 2. The van der Waals surface area contributed by atoms with Gasteiger partial charge in [0.15, 0.2) is 0 Å². The minimum atomic E-state index is -0.176. The Morgan fingerprint density at radius 2 is 1.83 bits per heavy atom. The Kier molecular flexibility index (Phi) is 4.74. The lowest BCUT2D eigenvalue weighted by Crippen LogP contribution is -2.33. The third kappa shape index (κ3) is 3.79. The summed E-state index contributed by atoms with van der Waals surface area (Å²) in [6, 6.07) is 16.5. The number of nitrogens with one attached hydrogen (secondary N) is 1. The second-order valence-electron chi connectivity index (χ2n) is 5.55. The minimum absolute atomic E-state index is 0.0515. The lowest BCUT2D eigenvalue weighted by Gasteiger charge is -2.15. The fraction of sp³-hybridized carbons (Fsp3) is 0.211.